The second-order valence-electron chi connectivity index (χ2n) is 5.72. The van der Waals surface area contributed by atoms with Crippen LogP contribution in [0.4, 0.5) is 0 Å². The molecule has 0 aromatic heterocycles. The normalized spacial score (nSPS) is 14.3. The summed E-state index contributed by atoms with van der Waals surface area (Å²) < 4.78 is 32.3. The highest BCUT2D eigenvalue weighted by atomic mass is 32.2. The van der Waals surface area contributed by atoms with Crippen LogP contribution in [0.3, 0.4) is 0 Å². The first-order valence-electron chi connectivity index (χ1n) is 7.64. The highest BCUT2D eigenvalue weighted by Crippen LogP contribution is 2.19. The Labute approximate surface area is 142 Å². The standard InChI is InChI=1S/C17H22N2O4S/c1-12(11-23-3)18-17(20)13(2)19-24(21,22)16-9-8-14-6-4-5-7-15(14)10-16/h4-10,12-13,19H,11H2,1-3H3,(H,18,20)/t12-,13+/m0/s1. The summed E-state index contributed by atoms with van der Waals surface area (Å²) >= 11 is 0. The van der Waals surface area contributed by atoms with Crippen LogP contribution in [-0.2, 0) is 19.6 Å². The van der Waals surface area contributed by atoms with Gasteiger partial charge in [-0.25, -0.2) is 8.42 Å². The number of amides is 1. The van der Waals surface area contributed by atoms with Crippen LogP contribution >= 0.6 is 0 Å². The molecule has 0 saturated carbocycles. The number of methoxy groups -OCH3 is 1. The van der Waals surface area contributed by atoms with E-state index >= 15 is 0 Å². The number of carbonyl (C=O) groups excluding carboxylic acids is 1. The van der Waals surface area contributed by atoms with Crippen LogP contribution in [0.5, 0.6) is 0 Å². The number of benzene rings is 2. The molecule has 0 aliphatic heterocycles. The second-order valence-corrected chi connectivity index (χ2v) is 7.43. The summed E-state index contributed by atoms with van der Waals surface area (Å²) in [6, 6.07) is 11.3. The third-order valence-corrected chi connectivity index (χ3v) is 5.10. The average molecular weight is 350 g/mol. The Balaban J connectivity index is 2.12. The van der Waals surface area contributed by atoms with Gasteiger partial charge in [0.1, 0.15) is 0 Å². The third-order valence-electron chi connectivity index (χ3n) is 3.56. The molecule has 0 saturated heterocycles. The Hall–Kier alpha value is -1.96. The molecule has 0 heterocycles. The van der Waals surface area contributed by atoms with Gasteiger partial charge in [-0.05, 0) is 36.8 Å². The minimum Gasteiger partial charge on any atom is -0.383 e. The van der Waals surface area contributed by atoms with Gasteiger partial charge in [-0.15, -0.1) is 0 Å². The van der Waals surface area contributed by atoms with E-state index in [1.807, 2.05) is 24.3 Å². The van der Waals surface area contributed by atoms with Crippen molar-refractivity contribution in [3.8, 4) is 0 Å². The lowest BCUT2D eigenvalue weighted by molar-refractivity contribution is -0.123. The van der Waals surface area contributed by atoms with Gasteiger partial charge in [0.15, 0.2) is 0 Å². The molecule has 24 heavy (non-hydrogen) atoms. The van der Waals surface area contributed by atoms with Gasteiger partial charge in [0.25, 0.3) is 0 Å². The molecule has 130 valence electrons. The molecule has 2 aromatic carbocycles. The molecule has 2 atom stereocenters. The van der Waals surface area contributed by atoms with Crippen molar-refractivity contribution in [2.75, 3.05) is 13.7 Å². The van der Waals surface area contributed by atoms with Gasteiger partial charge in [0.2, 0.25) is 15.9 Å². The maximum atomic E-state index is 12.5. The van der Waals surface area contributed by atoms with E-state index in [9.17, 15) is 13.2 Å². The van der Waals surface area contributed by atoms with Gasteiger partial charge in [-0.3, -0.25) is 4.79 Å². The van der Waals surface area contributed by atoms with E-state index in [1.165, 1.54) is 20.1 Å². The molecule has 7 heteroatoms. The van der Waals surface area contributed by atoms with E-state index < -0.39 is 22.0 Å². The van der Waals surface area contributed by atoms with Gasteiger partial charge in [-0.1, -0.05) is 30.3 Å². The summed E-state index contributed by atoms with van der Waals surface area (Å²) in [5, 5.41) is 4.47. The zero-order valence-corrected chi connectivity index (χ0v) is 14.8. The monoisotopic (exact) mass is 350 g/mol. The summed E-state index contributed by atoms with van der Waals surface area (Å²) in [5.41, 5.74) is 0. The molecule has 0 aliphatic rings. The molecule has 2 rings (SSSR count). The summed E-state index contributed by atoms with van der Waals surface area (Å²) in [6.07, 6.45) is 0. The van der Waals surface area contributed by atoms with Gasteiger partial charge in [0, 0.05) is 13.2 Å². The third kappa shape index (κ3) is 4.53. The number of nitrogens with one attached hydrogen (secondary N) is 2. The maximum absolute atomic E-state index is 12.5. The molecule has 0 unspecified atom stereocenters. The Bertz CT molecular complexity index is 820. The summed E-state index contributed by atoms with van der Waals surface area (Å²) in [5.74, 6) is -0.399. The van der Waals surface area contributed by atoms with Crippen molar-refractivity contribution in [1.29, 1.82) is 0 Å². The fraction of sp³-hybridized carbons (Fsp3) is 0.353. The second kappa shape index (κ2) is 7.74. The number of hydrogen-bond donors (Lipinski definition) is 2. The molecule has 0 fully saturated rings. The number of carbonyl (C=O) groups is 1. The molecular formula is C17H22N2O4S. The first kappa shape index (κ1) is 18.4. The molecule has 2 aromatic rings. The van der Waals surface area contributed by atoms with E-state index in [2.05, 4.69) is 10.0 Å². The van der Waals surface area contributed by atoms with Gasteiger partial charge in [0.05, 0.1) is 17.5 Å². The van der Waals surface area contributed by atoms with Gasteiger partial charge >= 0.3 is 0 Å². The van der Waals surface area contributed by atoms with E-state index in [0.717, 1.165) is 10.8 Å². The first-order valence-corrected chi connectivity index (χ1v) is 9.12. The Morgan fingerprint density at radius 2 is 1.79 bits per heavy atom. The zero-order chi connectivity index (χ0) is 17.7. The average Bonchev–Trinajstić information content (AvgIpc) is 2.54. The van der Waals surface area contributed by atoms with Crippen molar-refractivity contribution < 1.29 is 17.9 Å². The predicted molar refractivity (Wildman–Crippen MR) is 93.2 cm³/mol. The topological polar surface area (TPSA) is 84.5 Å². The van der Waals surface area contributed by atoms with Gasteiger partial charge < -0.3 is 10.1 Å². The van der Waals surface area contributed by atoms with Crippen molar-refractivity contribution in [1.82, 2.24) is 10.0 Å². The van der Waals surface area contributed by atoms with Crippen molar-refractivity contribution in [3.05, 3.63) is 42.5 Å². The largest absolute Gasteiger partial charge is 0.383 e. The molecule has 1 amide bonds. The quantitative estimate of drug-likeness (QED) is 0.795. The Morgan fingerprint density at radius 1 is 1.12 bits per heavy atom. The van der Waals surface area contributed by atoms with E-state index in [-0.39, 0.29) is 10.9 Å². The number of sulfonamides is 1. The molecule has 6 nitrogen and oxygen atoms in total. The number of rotatable bonds is 7. The number of hydrogen-bond acceptors (Lipinski definition) is 4. The predicted octanol–water partition coefficient (Wildman–Crippen LogP) is 1.66. The number of ether oxygens (including phenoxy) is 1. The van der Waals surface area contributed by atoms with Crippen LogP contribution in [0.1, 0.15) is 13.8 Å². The minimum absolute atomic E-state index is 0.130. The number of fused-ring (bicyclic) bond motifs is 1. The lowest BCUT2D eigenvalue weighted by Crippen LogP contribution is -2.48. The highest BCUT2D eigenvalue weighted by molar-refractivity contribution is 7.89. The SMILES string of the molecule is COC[C@H](C)NC(=O)[C@@H](C)NS(=O)(=O)c1ccc2ccccc2c1. The van der Waals surface area contributed by atoms with Crippen LogP contribution in [0, 0.1) is 0 Å². The van der Waals surface area contributed by atoms with Crippen molar-refractivity contribution in [3.63, 3.8) is 0 Å². The van der Waals surface area contributed by atoms with Crippen molar-refractivity contribution >= 4 is 26.7 Å². The fourth-order valence-corrected chi connectivity index (χ4v) is 3.59. The smallest absolute Gasteiger partial charge is 0.241 e. The van der Waals surface area contributed by atoms with Crippen molar-refractivity contribution in [2.45, 2.75) is 30.8 Å². The van der Waals surface area contributed by atoms with Gasteiger partial charge in [-0.2, -0.15) is 4.72 Å². The Kier molecular flexibility index (Phi) is 5.93. The summed E-state index contributed by atoms with van der Waals surface area (Å²) in [6.45, 7) is 3.65. The molecular weight excluding hydrogens is 328 g/mol. The molecule has 0 spiro atoms. The Morgan fingerprint density at radius 3 is 2.46 bits per heavy atom. The lowest BCUT2D eigenvalue weighted by Gasteiger charge is -2.18. The van der Waals surface area contributed by atoms with Crippen molar-refractivity contribution in [2.24, 2.45) is 0 Å². The van der Waals surface area contributed by atoms with E-state index in [4.69, 9.17) is 4.74 Å². The molecule has 0 bridgehead atoms. The van der Waals surface area contributed by atoms with Crippen LogP contribution in [0.2, 0.25) is 0 Å². The molecule has 0 radical (unpaired) electrons. The summed E-state index contributed by atoms with van der Waals surface area (Å²) in [7, 11) is -2.25. The van der Waals surface area contributed by atoms with Crippen LogP contribution in [-0.4, -0.2) is 40.1 Å². The molecule has 0 aliphatic carbocycles. The first-order chi connectivity index (χ1) is 11.3. The van der Waals surface area contributed by atoms with E-state index in [0.29, 0.717) is 6.61 Å². The van der Waals surface area contributed by atoms with Crippen LogP contribution in [0.25, 0.3) is 10.8 Å². The zero-order valence-electron chi connectivity index (χ0n) is 13.9. The highest BCUT2D eigenvalue weighted by Gasteiger charge is 2.23. The fourth-order valence-electron chi connectivity index (χ4n) is 2.35. The molecule has 2 N–H and O–H groups in total. The lowest BCUT2D eigenvalue weighted by atomic mass is 10.1. The minimum atomic E-state index is -3.79. The van der Waals surface area contributed by atoms with E-state index in [1.54, 1.807) is 19.1 Å². The maximum Gasteiger partial charge on any atom is 0.241 e. The summed E-state index contributed by atoms with van der Waals surface area (Å²) in [4.78, 5) is 12.2. The van der Waals surface area contributed by atoms with Crippen LogP contribution in [0.15, 0.2) is 47.4 Å². The van der Waals surface area contributed by atoms with Crippen LogP contribution < -0.4 is 10.0 Å².